The normalized spacial score (nSPS) is 19.2. The number of anilines is 1. The molecule has 2 amide bonds. The van der Waals surface area contributed by atoms with Crippen LogP contribution in [0.15, 0.2) is 35.7 Å². The Morgan fingerprint density at radius 3 is 3.08 bits per heavy atom. The van der Waals surface area contributed by atoms with Crippen LogP contribution in [-0.2, 0) is 17.8 Å². The number of amides is 2. The molecule has 0 spiro atoms. The Balaban J connectivity index is 1.41. The number of hydrogen-bond acceptors (Lipinski definition) is 4. The number of benzene rings is 1. The number of ether oxygens (including phenoxy) is 1. The summed E-state index contributed by atoms with van der Waals surface area (Å²) in [5, 5.41) is 5.10. The molecular weight excluding hydrogens is 348 g/mol. The van der Waals surface area contributed by atoms with Crippen molar-refractivity contribution in [1.82, 2.24) is 4.90 Å². The van der Waals surface area contributed by atoms with E-state index in [1.807, 2.05) is 11.0 Å². The van der Waals surface area contributed by atoms with Gasteiger partial charge in [0.25, 0.3) is 0 Å². The number of hydrogen-bond donors (Lipinski definition) is 1. The van der Waals surface area contributed by atoms with Crippen LogP contribution in [0.3, 0.4) is 0 Å². The van der Waals surface area contributed by atoms with Crippen LogP contribution in [0.1, 0.15) is 46.5 Å². The zero-order chi connectivity index (χ0) is 17.9. The number of likely N-dealkylation sites (tertiary alicyclic amines) is 1. The third-order valence-electron chi connectivity index (χ3n) is 5.13. The minimum Gasteiger partial charge on any atom is -0.457 e. The lowest BCUT2D eigenvalue weighted by Gasteiger charge is -2.35. The summed E-state index contributed by atoms with van der Waals surface area (Å²) in [4.78, 5) is 27.7. The Morgan fingerprint density at radius 2 is 2.23 bits per heavy atom. The van der Waals surface area contributed by atoms with Gasteiger partial charge in [-0.15, -0.1) is 11.3 Å². The van der Waals surface area contributed by atoms with Gasteiger partial charge in [0.1, 0.15) is 6.61 Å². The van der Waals surface area contributed by atoms with E-state index in [1.165, 1.54) is 11.3 Å². The number of fused-ring (bicyclic) bond motifs is 1. The SMILES string of the molecule is O=C1OCc2cc(NC(=O)N3CCCCC3CCc3cccs3)ccc21. The standard InChI is InChI=1S/C20H22N2O3S/c23-19-18-9-6-15(12-14(18)13-25-19)21-20(24)22-10-2-1-4-16(22)7-8-17-5-3-11-26-17/h3,5-6,9,11-12,16H,1-2,4,7-8,10,13H2,(H,21,24). The van der Waals surface area contributed by atoms with Crippen molar-refractivity contribution in [3.63, 3.8) is 0 Å². The Hall–Kier alpha value is -2.34. The smallest absolute Gasteiger partial charge is 0.338 e. The molecule has 26 heavy (non-hydrogen) atoms. The van der Waals surface area contributed by atoms with Crippen molar-refractivity contribution in [2.75, 3.05) is 11.9 Å². The highest BCUT2D eigenvalue weighted by Gasteiger charge is 2.27. The van der Waals surface area contributed by atoms with Gasteiger partial charge < -0.3 is 15.0 Å². The van der Waals surface area contributed by atoms with Gasteiger partial charge in [-0.2, -0.15) is 0 Å². The maximum absolute atomic E-state index is 12.8. The van der Waals surface area contributed by atoms with Crippen LogP contribution in [0.4, 0.5) is 10.5 Å². The van der Waals surface area contributed by atoms with Gasteiger partial charge in [0, 0.05) is 28.7 Å². The van der Waals surface area contributed by atoms with Gasteiger partial charge in [-0.1, -0.05) is 6.07 Å². The predicted molar refractivity (Wildman–Crippen MR) is 102 cm³/mol. The number of carbonyl (C=O) groups excluding carboxylic acids is 2. The van der Waals surface area contributed by atoms with Crippen molar-refractivity contribution < 1.29 is 14.3 Å². The van der Waals surface area contributed by atoms with E-state index in [4.69, 9.17) is 4.74 Å². The van der Waals surface area contributed by atoms with Crippen molar-refractivity contribution in [3.8, 4) is 0 Å². The third kappa shape index (κ3) is 3.60. The number of thiophene rings is 1. The molecule has 2 aliphatic rings. The van der Waals surface area contributed by atoms with E-state index in [1.54, 1.807) is 23.5 Å². The zero-order valence-corrected chi connectivity index (χ0v) is 15.4. The van der Waals surface area contributed by atoms with Gasteiger partial charge in [0.15, 0.2) is 0 Å². The molecule has 1 aromatic carbocycles. The summed E-state index contributed by atoms with van der Waals surface area (Å²) in [5.41, 5.74) is 2.14. The first kappa shape index (κ1) is 17.1. The molecule has 2 aromatic rings. The third-order valence-corrected chi connectivity index (χ3v) is 6.06. The summed E-state index contributed by atoms with van der Waals surface area (Å²) in [5.74, 6) is -0.289. The van der Waals surface area contributed by atoms with Crippen LogP contribution in [0.25, 0.3) is 0 Å². The molecule has 6 heteroatoms. The fourth-order valence-electron chi connectivity index (χ4n) is 3.74. The van der Waals surface area contributed by atoms with E-state index in [9.17, 15) is 9.59 Å². The first-order valence-corrected chi connectivity index (χ1v) is 9.99. The molecule has 1 fully saturated rings. The highest BCUT2D eigenvalue weighted by atomic mass is 32.1. The number of aryl methyl sites for hydroxylation is 1. The molecule has 1 N–H and O–H groups in total. The summed E-state index contributed by atoms with van der Waals surface area (Å²) >= 11 is 1.78. The number of carbonyl (C=O) groups is 2. The lowest BCUT2D eigenvalue weighted by molar-refractivity contribution is 0.0535. The maximum Gasteiger partial charge on any atom is 0.338 e. The van der Waals surface area contributed by atoms with Crippen LogP contribution in [0.2, 0.25) is 0 Å². The van der Waals surface area contributed by atoms with Crippen molar-refractivity contribution in [2.24, 2.45) is 0 Å². The lowest BCUT2D eigenvalue weighted by atomic mass is 9.98. The quantitative estimate of drug-likeness (QED) is 0.810. The minimum atomic E-state index is -0.289. The Morgan fingerprint density at radius 1 is 1.31 bits per heavy atom. The molecule has 0 saturated carbocycles. The average Bonchev–Trinajstić information content (AvgIpc) is 3.30. The van der Waals surface area contributed by atoms with Gasteiger partial charge in [-0.05, 0) is 61.7 Å². The van der Waals surface area contributed by atoms with E-state index in [0.717, 1.165) is 43.5 Å². The average molecular weight is 370 g/mol. The second-order valence-electron chi connectivity index (χ2n) is 6.84. The minimum absolute atomic E-state index is 0.0499. The second-order valence-corrected chi connectivity index (χ2v) is 7.87. The molecule has 1 atom stereocenters. The van der Waals surface area contributed by atoms with Gasteiger partial charge in [0.2, 0.25) is 0 Å². The Kier molecular flexibility index (Phi) is 4.93. The fourth-order valence-corrected chi connectivity index (χ4v) is 4.46. The Labute approximate surface area is 157 Å². The fraction of sp³-hybridized carbons (Fsp3) is 0.400. The van der Waals surface area contributed by atoms with Gasteiger partial charge >= 0.3 is 12.0 Å². The topological polar surface area (TPSA) is 58.6 Å². The number of esters is 1. The number of nitrogens with one attached hydrogen (secondary N) is 1. The summed E-state index contributed by atoms with van der Waals surface area (Å²) < 4.78 is 5.02. The van der Waals surface area contributed by atoms with Crippen LogP contribution in [0.5, 0.6) is 0 Å². The summed E-state index contributed by atoms with van der Waals surface area (Å²) in [6, 6.07) is 9.80. The molecular formula is C20H22N2O3S. The molecule has 1 unspecified atom stereocenters. The van der Waals surface area contributed by atoms with Crippen LogP contribution in [-0.4, -0.2) is 29.5 Å². The second kappa shape index (κ2) is 7.50. The van der Waals surface area contributed by atoms with Gasteiger partial charge in [-0.3, -0.25) is 0 Å². The van der Waals surface area contributed by atoms with Crippen LogP contribution >= 0.6 is 11.3 Å². The lowest BCUT2D eigenvalue weighted by Crippen LogP contribution is -2.46. The predicted octanol–water partition coefficient (Wildman–Crippen LogP) is 4.44. The van der Waals surface area contributed by atoms with E-state index in [0.29, 0.717) is 5.56 Å². The van der Waals surface area contributed by atoms with Crippen LogP contribution in [0, 0.1) is 0 Å². The van der Waals surface area contributed by atoms with Crippen molar-refractivity contribution >= 4 is 29.0 Å². The molecule has 5 nitrogen and oxygen atoms in total. The van der Waals surface area contributed by atoms with E-state index >= 15 is 0 Å². The highest BCUT2D eigenvalue weighted by Crippen LogP contribution is 2.26. The number of cyclic esters (lactones) is 1. The molecule has 3 heterocycles. The number of urea groups is 1. The number of nitrogens with zero attached hydrogens (tertiary/aromatic N) is 1. The van der Waals surface area contributed by atoms with E-state index in [2.05, 4.69) is 22.8 Å². The molecule has 0 bridgehead atoms. The van der Waals surface area contributed by atoms with Crippen LogP contribution < -0.4 is 5.32 Å². The van der Waals surface area contributed by atoms with Gasteiger partial charge in [-0.25, -0.2) is 9.59 Å². The first-order valence-electron chi connectivity index (χ1n) is 9.11. The molecule has 136 valence electrons. The molecule has 4 rings (SSSR count). The largest absolute Gasteiger partial charge is 0.457 e. The van der Waals surface area contributed by atoms with Crippen molar-refractivity contribution in [3.05, 3.63) is 51.7 Å². The summed E-state index contributed by atoms with van der Waals surface area (Å²) in [6.07, 6.45) is 5.31. The summed E-state index contributed by atoms with van der Waals surface area (Å²) in [7, 11) is 0. The first-order chi connectivity index (χ1) is 12.7. The van der Waals surface area contributed by atoms with E-state index in [-0.39, 0.29) is 24.6 Å². The molecule has 0 aliphatic carbocycles. The zero-order valence-electron chi connectivity index (χ0n) is 14.6. The van der Waals surface area contributed by atoms with Crippen molar-refractivity contribution in [2.45, 2.75) is 44.8 Å². The molecule has 1 saturated heterocycles. The number of piperidine rings is 1. The molecule has 1 aromatic heterocycles. The molecule has 0 radical (unpaired) electrons. The van der Waals surface area contributed by atoms with Gasteiger partial charge in [0.05, 0.1) is 5.56 Å². The highest BCUT2D eigenvalue weighted by molar-refractivity contribution is 7.09. The Bertz CT molecular complexity index is 803. The summed E-state index contributed by atoms with van der Waals surface area (Å²) in [6.45, 7) is 1.08. The number of rotatable bonds is 4. The monoisotopic (exact) mass is 370 g/mol. The van der Waals surface area contributed by atoms with Crippen molar-refractivity contribution in [1.29, 1.82) is 0 Å². The maximum atomic E-state index is 12.8. The van der Waals surface area contributed by atoms with E-state index < -0.39 is 0 Å². The molecule has 2 aliphatic heterocycles.